The molecule has 0 aliphatic rings. The minimum Gasteiger partial charge on any atom is -0.480 e. The third-order valence-electron chi connectivity index (χ3n) is 2.25. The zero-order valence-electron chi connectivity index (χ0n) is 10.0. The Morgan fingerprint density at radius 2 is 1.84 bits per heavy atom. The van der Waals surface area contributed by atoms with E-state index < -0.39 is 30.8 Å². The highest BCUT2D eigenvalue weighted by Crippen LogP contribution is 2.02. The second kappa shape index (κ2) is 7.34. The molecule has 0 heterocycles. The monoisotopic (exact) mass is 269 g/mol. The number of hydrogen-bond donors (Lipinski definition) is 4. The Morgan fingerprint density at radius 3 is 2.37 bits per heavy atom. The van der Waals surface area contributed by atoms with Crippen LogP contribution in [0.4, 0.5) is 4.79 Å². The van der Waals surface area contributed by atoms with Gasteiger partial charge in [0.2, 0.25) is 0 Å². The van der Waals surface area contributed by atoms with Gasteiger partial charge < -0.3 is 25.4 Å². The highest BCUT2D eigenvalue weighted by atomic mass is 16.5. The molecule has 1 rings (SSSR count). The summed E-state index contributed by atoms with van der Waals surface area (Å²) in [6.07, 6.45) is -3.28. The molecular formula is C12H15NO6. The van der Waals surface area contributed by atoms with Gasteiger partial charge in [0.25, 0.3) is 0 Å². The first-order chi connectivity index (χ1) is 8.99. The van der Waals surface area contributed by atoms with E-state index in [4.69, 9.17) is 20.1 Å². The summed E-state index contributed by atoms with van der Waals surface area (Å²) < 4.78 is 4.81. The van der Waals surface area contributed by atoms with E-state index >= 15 is 0 Å². The maximum Gasteiger partial charge on any atom is 0.408 e. The zero-order valence-corrected chi connectivity index (χ0v) is 10.0. The molecule has 1 aromatic rings. The van der Waals surface area contributed by atoms with E-state index in [0.717, 1.165) is 5.56 Å². The van der Waals surface area contributed by atoms with Gasteiger partial charge in [0.1, 0.15) is 12.6 Å². The van der Waals surface area contributed by atoms with Gasteiger partial charge in [-0.2, -0.15) is 0 Å². The fourth-order valence-corrected chi connectivity index (χ4v) is 1.34. The van der Waals surface area contributed by atoms with Crippen LogP contribution in [0.15, 0.2) is 30.3 Å². The summed E-state index contributed by atoms with van der Waals surface area (Å²) in [6, 6.07) is 7.45. The lowest BCUT2D eigenvalue weighted by Crippen LogP contribution is -2.43. The molecule has 0 spiro atoms. The van der Waals surface area contributed by atoms with Gasteiger partial charge in [-0.15, -0.1) is 0 Å². The van der Waals surface area contributed by atoms with Crippen molar-refractivity contribution < 1.29 is 29.6 Å². The maximum absolute atomic E-state index is 11.4. The molecule has 0 saturated carbocycles. The quantitative estimate of drug-likeness (QED) is 0.543. The van der Waals surface area contributed by atoms with Crippen molar-refractivity contribution in [1.29, 1.82) is 0 Å². The summed E-state index contributed by atoms with van der Waals surface area (Å²) in [5.41, 5.74) is 0.756. The molecule has 1 aromatic carbocycles. The maximum atomic E-state index is 11.4. The summed E-state index contributed by atoms with van der Waals surface area (Å²) in [7, 11) is 0. The molecule has 0 radical (unpaired) electrons. The molecule has 1 amide bonds. The Bertz CT molecular complexity index is 419. The van der Waals surface area contributed by atoms with Crippen molar-refractivity contribution in [2.24, 2.45) is 0 Å². The largest absolute Gasteiger partial charge is 0.480 e. The molecule has 0 saturated heterocycles. The van der Waals surface area contributed by atoms with E-state index in [9.17, 15) is 9.59 Å². The van der Waals surface area contributed by atoms with Crippen LogP contribution in [-0.4, -0.2) is 39.7 Å². The zero-order chi connectivity index (χ0) is 14.3. The number of ether oxygens (including phenoxy) is 1. The van der Waals surface area contributed by atoms with Crippen LogP contribution in [0, 0.1) is 0 Å². The molecule has 0 bridgehead atoms. The molecule has 1 unspecified atom stereocenters. The Balaban J connectivity index is 2.42. The number of carbonyl (C=O) groups is 2. The Kier molecular flexibility index (Phi) is 5.77. The van der Waals surface area contributed by atoms with Crippen molar-refractivity contribution in [3.05, 3.63) is 35.9 Å². The number of amides is 1. The number of carbonyl (C=O) groups excluding carboxylic acids is 1. The van der Waals surface area contributed by atoms with Crippen molar-refractivity contribution in [1.82, 2.24) is 5.32 Å². The van der Waals surface area contributed by atoms with Crippen molar-refractivity contribution in [2.45, 2.75) is 25.4 Å². The number of alkyl carbamates (subject to hydrolysis) is 1. The van der Waals surface area contributed by atoms with Gasteiger partial charge in [0.05, 0.1) is 0 Å². The van der Waals surface area contributed by atoms with Crippen LogP contribution in [0.25, 0.3) is 0 Å². The number of aliphatic hydroxyl groups excluding tert-OH is 1. The number of hydrogen-bond acceptors (Lipinski definition) is 5. The van der Waals surface area contributed by atoms with E-state index in [1.807, 2.05) is 11.4 Å². The van der Waals surface area contributed by atoms with Gasteiger partial charge in [-0.3, -0.25) is 0 Å². The molecule has 0 fully saturated rings. The topological polar surface area (TPSA) is 116 Å². The van der Waals surface area contributed by atoms with E-state index in [2.05, 4.69) is 0 Å². The molecule has 0 aliphatic carbocycles. The predicted molar refractivity (Wildman–Crippen MR) is 64.0 cm³/mol. The number of benzene rings is 1. The number of aliphatic carboxylic acids is 1. The van der Waals surface area contributed by atoms with Crippen LogP contribution in [-0.2, 0) is 16.1 Å². The van der Waals surface area contributed by atoms with E-state index in [0.29, 0.717) is 0 Å². The summed E-state index contributed by atoms with van der Waals surface area (Å²) in [5.74, 6) is -1.37. The van der Waals surface area contributed by atoms with Crippen LogP contribution < -0.4 is 5.32 Å². The van der Waals surface area contributed by atoms with Crippen LogP contribution in [0.1, 0.15) is 12.0 Å². The lowest BCUT2D eigenvalue weighted by atomic mass is 10.2. The second-order valence-electron chi connectivity index (χ2n) is 3.81. The third kappa shape index (κ3) is 5.84. The number of nitrogens with one attached hydrogen (secondary N) is 1. The standard InChI is InChI=1S/C12H15NO6/c14-10(15)6-9(11(16)17)13-12(18)19-7-8-4-2-1-3-5-8/h1-5,9-10,14-15H,6-7H2,(H,13,18)(H,16,17). The molecule has 0 aliphatic heterocycles. The van der Waals surface area contributed by atoms with Crippen LogP contribution >= 0.6 is 0 Å². The van der Waals surface area contributed by atoms with Crippen LogP contribution in [0.5, 0.6) is 0 Å². The third-order valence-corrected chi connectivity index (χ3v) is 2.25. The first-order valence-corrected chi connectivity index (χ1v) is 5.55. The molecule has 7 nitrogen and oxygen atoms in total. The smallest absolute Gasteiger partial charge is 0.408 e. The van der Waals surface area contributed by atoms with Crippen molar-refractivity contribution >= 4 is 12.1 Å². The Hall–Kier alpha value is -2.12. The average molecular weight is 269 g/mol. The Labute approximate surface area is 109 Å². The molecule has 104 valence electrons. The average Bonchev–Trinajstić information content (AvgIpc) is 2.36. The minimum atomic E-state index is -1.82. The fraction of sp³-hybridized carbons (Fsp3) is 0.333. The minimum absolute atomic E-state index is 0.000685. The van der Waals surface area contributed by atoms with Gasteiger partial charge >= 0.3 is 12.1 Å². The van der Waals surface area contributed by atoms with Crippen molar-refractivity contribution in [3.8, 4) is 0 Å². The predicted octanol–water partition coefficient (Wildman–Crippen LogP) is 0.0668. The van der Waals surface area contributed by atoms with Crippen molar-refractivity contribution in [2.75, 3.05) is 0 Å². The number of carboxylic acids is 1. The first-order valence-electron chi connectivity index (χ1n) is 5.55. The van der Waals surface area contributed by atoms with E-state index in [1.54, 1.807) is 24.3 Å². The van der Waals surface area contributed by atoms with Gasteiger partial charge in [-0.05, 0) is 5.56 Å². The summed E-state index contributed by atoms with van der Waals surface area (Å²) in [6.45, 7) is 0.000685. The molecule has 1 atom stereocenters. The molecule has 4 N–H and O–H groups in total. The number of rotatable bonds is 6. The lowest BCUT2D eigenvalue weighted by molar-refractivity contribution is -0.142. The summed E-state index contributed by atoms with van der Waals surface area (Å²) in [5, 5.41) is 28.2. The van der Waals surface area contributed by atoms with Crippen molar-refractivity contribution in [3.63, 3.8) is 0 Å². The Morgan fingerprint density at radius 1 is 1.21 bits per heavy atom. The van der Waals surface area contributed by atoms with Crippen LogP contribution in [0.2, 0.25) is 0 Å². The van der Waals surface area contributed by atoms with Crippen LogP contribution in [0.3, 0.4) is 0 Å². The molecule has 19 heavy (non-hydrogen) atoms. The van der Waals surface area contributed by atoms with E-state index in [1.165, 1.54) is 0 Å². The van der Waals surface area contributed by atoms with Gasteiger partial charge in [0, 0.05) is 6.42 Å². The van der Waals surface area contributed by atoms with Gasteiger partial charge in [-0.25, -0.2) is 9.59 Å². The lowest BCUT2D eigenvalue weighted by Gasteiger charge is -2.15. The summed E-state index contributed by atoms with van der Waals surface area (Å²) in [4.78, 5) is 22.1. The molecular weight excluding hydrogens is 254 g/mol. The number of carboxylic acid groups (broad SMARTS) is 1. The molecule has 7 heteroatoms. The SMILES string of the molecule is O=C(NC(CC(O)O)C(=O)O)OCc1ccccc1. The normalized spacial score (nSPS) is 11.9. The highest BCUT2D eigenvalue weighted by Gasteiger charge is 2.23. The van der Waals surface area contributed by atoms with Gasteiger partial charge in [0.15, 0.2) is 6.29 Å². The second-order valence-corrected chi connectivity index (χ2v) is 3.81. The summed E-state index contributed by atoms with van der Waals surface area (Å²) >= 11 is 0. The fourth-order valence-electron chi connectivity index (χ4n) is 1.34. The number of aliphatic hydroxyl groups is 2. The highest BCUT2D eigenvalue weighted by molar-refractivity contribution is 5.79. The van der Waals surface area contributed by atoms with E-state index in [-0.39, 0.29) is 6.61 Å². The first kappa shape index (κ1) is 14.9. The van der Waals surface area contributed by atoms with Gasteiger partial charge in [-0.1, -0.05) is 30.3 Å². The molecule has 0 aromatic heterocycles.